The average Bonchev–Trinajstić information content (AvgIpc) is 2.61. The Bertz CT molecular complexity index is 226. The van der Waals surface area contributed by atoms with Gasteiger partial charge in [0.2, 0.25) is 0 Å². The highest BCUT2D eigenvalue weighted by Gasteiger charge is 2.15. The monoisotopic (exact) mass is 340 g/mol. The van der Waals surface area contributed by atoms with E-state index in [4.69, 9.17) is 11.5 Å². The molecule has 0 amide bonds. The van der Waals surface area contributed by atoms with Gasteiger partial charge < -0.3 is 21.3 Å². The third-order valence-electron chi connectivity index (χ3n) is 5.32. The van der Waals surface area contributed by atoms with Gasteiger partial charge in [-0.05, 0) is 51.9 Å². The summed E-state index contributed by atoms with van der Waals surface area (Å²) in [5.41, 5.74) is 11.1. The van der Waals surface area contributed by atoms with Crippen LogP contribution in [0.4, 0.5) is 0 Å². The molecule has 0 unspecified atom stereocenters. The van der Waals surface area contributed by atoms with Crippen LogP contribution in [0, 0.1) is 0 Å². The molecule has 4 nitrogen and oxygen atoms in total. The molecule has 1 aliphatic rings. The highest BCUT2D eigenvalue weighted by Crippen LogP contribution is 2.10. The van der Waals surface area contributed by atoms with Gasteiger partial charge in [-0.25, -0.2) is 0 Å². The quantitative estimate of drug-likeness (QED) is 0.424. The minimum atomic E-state index is 0.860. The van der Waals surface area contributed by atoms with E-state index in [1.165, 1.54) is 116 Å². The maximum Gasteiger partial charge on any atom is 0.0110 e. The van der Waals surface area contributed by atoms with Gasteiger partial charge in [0.1, 0.15) is 0 Å². The zero-order chi connectivity index (χ0) is 17.3. The second-order valence-electron chi connectivity index (χ2n) is 7.50. The topological polar surface area (TPSA) is 58.5 Å². The highest BCUT2D eigenvalue weighted by atomic mass is 15.3. The smallest absolute Gasteiger partial charge is 0.0110 e. The Morgan fingerprint density at radius 1 is 0.417 bits per heavy atom. The molecule has 1 rings (SSSR count). The Balaban J connectivity index is 1.85. The van der Waals surface area contributed by atoms with Crippen LogP contribution >= 0.6 is 0 Å². The minimum Gasteiger partial charge on any atom is -0.330 e. The van der Waals surface area contributed by atoms with Crippen molar-refractivity contribution in [3.05, 3.63) is 0 Å². The molecular weight excluding hydrogens is 296 g/mol. The summed E-state index contributed by atoms with van der Waals surface area (Å²) in [4.78, 5) is 5.34. The summed E-state index contributed by atoms with van der Waals surface area (Å²) in [6.07, 6.45) is 16.1. The summed E-state index contributed by atoms with van der Waals surface area (Å²) in [6.45, 7) is 9.47. The summed E-state index contributed by atoms with van der Waals surface area (Å²) in [6, 6.07) is 0. The molecule has 0 aromatic heterocycles. The van der Waals surface area contributed by atoms with E-state index < -0.39 is 0 Å². The van der Waals surface area contributed by atoms with Crippen molar-refractivity contribution in [2.45, 2.75) is 77.0 Å². The first-order valence-corrected chi connectivity index (χ1v) is 10.7. The van der Waals surface area contributed by atoms with Gasteiger partial charge in [0, 0.05) is 26.2 Å². The van der Waals surface area contributed by atoms with E-state index in [1.54, 1.807) is 0 Å². The predicted octanol–water partition coefficient (Wildman–Crippen LogP) is 3.20. The van der Waals surface area contributed by atoms with Crippen molar-refractivity contribution >= 4 is 0 Å². The van der Waals surface area contributed by atoms with Crippen LogP contribution in [-0.2, 0) is 0 Å². The lowest BCUT2D eigenvalue weighted by atomic mass is 10.1. The number of hydrogen-bond acceptors (Lipinski definition) is 4. The van der Waals surface area contributed by atoms with Gasteiger partial charge in [-0.15, -0.1) is 0 Å². The van der Waals surface area contributed by atoms with Crippen LogP contribution < -0.4 is 11.5 Å². The number of nitrogens with zero attached hydrogens (tertiary/aromatic N) is 2. The molecule has 0 atom stereocenters. The van der Waals surface area contributed by atoms with Gasteiger partial charge in [-0.3, -0.25) is 0 Å². The van der Waals surface area contributed by atoms with Crippen molar-refractivity contribution in [1.82, 2.24) is 9.80 Å². The number of unbranched alkanes of at least 4 members (excludes halogenated alkanes) is 10. The molecule has 0 aliphatic carbocycles. The van der Waals surface area contributed by atoms with Crippen LogP contribution in [0.15, 0.2) is 0 Å². The molecular formula is C20H44N4. The van der Waals surface area contributed by atoms with E-state index in [1.807, 2.05) is 0 Å². The van der Waals surface area contributed by atoms with Crippen LogP contribution in [0.5, 0.6) is 0 Å². The zero-order valence-corrected chi connectivity index (χ0v) is 16.2. The van der Waals surface area contributed by atoms with Crippen molar-refractivity contribution in [2.24, 2.45) is 11.5 Å². The second-order valence-corrected chi connectivity index (χ2v) is 7.50. The molecule has 1 saturated heterocycles. The van der Waals surface area contributed by atoms with E-state index in [0.717, 1.165) is 13.1 Å². The molecule has 0 aromatic carbocycles. The van der Waals surface area contributed by atoms with Gasteiger partial charge in [-0.1, -0.05) is 51.4 Å². The largest absolute Gasteiger partial charge is 0.330 e. The fourth-order valence-corrected chi connectivity index (χ4v) is 3.61. The predicted molar refractivity (Wildman–Crippen MR) is 106 cm³/mol. The van der Waals surface area contributed by atoms with Crippen LogP contribution in [0.3, 0.4) is 0 Å². The lowest BCUT2D eigenvalue weighted by Gasteiger charge is -2.34. The number of rotatable bonds is 16. The van der Waals surface area contributed by atoms with Gasteiger partial charge >= 0.3 is 0 Å². The van der Waals surface area contributed by atoms with Gasteiger partial charge in [0.15, 0.2) is 0 Å². The first kappa shape index (κ1) is 21.9. The van der Waals surface area contributed by atoms with Crippen molar-refractivity contribution in [2.75, 3.05) is 52.4 Å². The first-order chi connectivity index (χ1) is 11.9. The standard InChI is InChI=1S/C20H44N4/c21-13-9-5-1-3-7-11-15-23-17-19-24(20-18-23)16-12-8-4-2-6-10-14-22/h1-22H2. The molecule has 1 aliphatic heterocycles. The maximum atomic E-state index is 5.53. The lowest BCUT2D eigenvalue weighted by molar-refractivity contribution is 0.129. The van der Waals surface area contributed by atoms with Crippen molar-refractivity contribution in [1.29, 1.82) is 0 Å². The van der Waals surface area contributed by atoms with Crippen LogP contribution in [0.2, 0.25) is 0 Å². The molecule has 24 heavy (non-hydrogen) atoms. The Labute approximate surface area is 151 Å². The lowest BCUT2D eigenvalue weighted by Crippen LogP contribution is -2.46. The number of hydrogen-bond donors (Lipinski definition) is 2. The number of piperazine rings is 1. The fourth-order valence-electron chi connectivity index (χ4n) is 3.61. The third-order valence-corrected chi connectivity index (χ3v) is 5.32. The normalized spacial score (nSPS) is 16.8. The Morgan fingerprint density at radius 2 is 0.708 bits per heavy atom. The molecule has 0 bridgehead atoms. The van der Waals surface area contributed by atoms with Crippen molar-refractivity contribution in [3.63, 3.8) is 0 Å². The van der Waals surface area contributed by atoms with Crippen LogP contribution in [-0.4, -0.2) is 62.2 Å². The van der Waals surface area contributed by atoms with Gasteiger partial charge in [-0.2, -0.15) is 0 Å². The second kappa shape index (κ2) is 16.3. The van der Waals surface area contributed by atoms with Gasteiger partial charge in [0.25, 0.3) is 0 Å². The Morgan fingerprint density at radius 3 is 1.04 bits per heavy atom. The first-order valence-electron chi connectivity index (χ1n) is 10.7. The molecule has 0 aromatic rings. The summed E-state index contributed by atoms with van der Waals surface area (Å²) >= 11 is 0. The van der Waals surface area contributed by atoms with E-state index in [2.05, 4.69) is 9.80 Å². The van der Waals surface area contributed by atoms with E-state index in [-0.39, 0.29) is 0 Å². The van der Waals surface area contributed by atoms with Crippen LogP contribution in [0.1, 0.15) is 77.0 Å². The maximum absolute atomic E-state index is 5.53. The Hall–Kier alpha value is -0.160. The Kier molecular flexibility index (Phi) is 14.9. The number of nitrogens with two attached hydrogens (primary N) is 2. The summed E-state index contributed by atoms with van der Waals surface area (Å²) < 4.78 is 0. The molecule has 4 heteroatoms. The molecule has 1 heterocycles. The van der Waals surface area contributed by atoms with Gasteiger partial charge in [0.05, 0.1) is 0 Å². The van der Waals surface area contributed by atoms with Crippen molar-refractivity contribution < 1.29 is 0 Å². The SMILES string of the molecule is NCCCCCCCCN1CCN(CCCCCCCCN)CC1. The molecule has 0 radical (unpaired) electrons. The molecule has 4 N–H and O–H groups in total. The molecule has 1 fully saturated rings. The summed E-state index contributed by atoms with van der Waals surface area (Å²) in [5.74, 6) is 0. The highest BCUT2D eigenvalue weighted by molar-refractivity contribution is 4.71. The fraction of sp³-hybridized carbons (Fsp3) is 1.00. The molecule has 0 saturated carbocycles. The molecule has 144 valence electrons. The summed E-state index contributed by atoms with van der Waals surface area (Å²) in [7, 11) is 0. The van der Waals surface area contributed by atoms with E-state index in [9.17, 15) is 0 Å². The summed E-state index contributed by atoms with van der Waals surface area (Å²) in [5, 5.41) is 0. The van der Waals surface area contributed by atoms with E-state index >= 15 is 0 Å². The van der Waals surface area contributed by atoms with E-state index in [0.29, 0.717) is 0 Å². The average molecular weight is 341 g/mol. The van der Waals surface area contributed by atoms with Crippen molar-refractivity contribution in [3.8, 4) is 0 Å². The van der Waals surface area contributed by atoms with Crippen LogP contribution in [0.25, 0.3) is 0 Å². The third kappa shape index (κ3) is 12.2. The molecule has 0 spiro atoms. The minimum absolute atomic E-state index is 0.860. The zero-order valence-electron chi connectivity index (χ0n) is 16.2.